The van der Waals surface area contributed by atoms with Gasteiger partial charge in [0.05, 0.1) is 18.4 Å². The number of amides is 1. The van der Waals surface area contributed by atoms with Crippen molar-refractivity contribution in [3.8, 4) is 0 Å². The Morgan fingerprint density at radius 1 is 1.44 bits per heavy atom. The molecule has 0 fully saturated rings. The lowest BCUT2D eigenvalue weighted by molar-refractivity contribution is -0.119. The molecule has 0 radical (unpaired) electrons. The van der Waals surface area contributed by atoms with Crippen LogP contribution in [0.4, 0.5) is 0 Å². The minimum Gasteiger partial charge on any atom is -0.383 e. The third kappa shape index (κ3) is 6.42. The van der Waals surface area contributed by atoms with Crippen LogP contribution >= 0.6 is 27.7 Å². The fourth-order valence-corrected chi connectivity index (χ4v) is 2.75. The van der Waals surface area contributed by atoms with E-state index >= 15 is 0 Å². The average Bonchev–Trinajstić information content (AvgIpc) is 2.38. The molecule has 1 atom stereocenters. The van der Waals surface area contributed by atoms with Crippen LogP contribution in [0, 0.1) is 0 Å². The molecule has 1 aromatic rings. The number of rotatable bonds is 8. The molecule has 0 bridgehead atoms. The Balaban J connectivity index is 2.31. The van der Waals surface area contributed by atoms with Crippen LogP contribution in [0.5, 0.6) is 0 Å². The summed E-state index contributed by atoms with van der Waals surface area (Å²) in [6.07, 6.45) is 0.871. The highest BCUT2D eigenvalue weighted by atomic mass is 79.9. The summed E-state index contributed by atoms with van der Waals surface area (Å²) in [5, 5.41) is 3.83. The molecule has 0 spiro atoms. The van der Waals surface area contributed by atoms with Gasteiger partial charge in [-0.3, -0.25) is 4.79 Å². The molecule has 0 aliphatic carbocycles. The van der Waals surface area contributed by atoms with Crippen LogP contribution in [0.1, 0.15) is 6.42 Å². The van der Waals surface area contributed by atoms with Crippen molar-refractivity contribution in [2.75, 3.05) is 24.8 Å². The molecule has 1 unspecified atom stereocenters. The van der Waals surface area contributed by atoms with Gasteiger partial charge >= 0.3 is 0 Å². The Labute approximate surface area is 121 Å². The second-order valence-corrected chi connectivity index (χ2v) is 5.64. The van der Waals surface area contributed by atoms with Gasteiger partial charge in [-0.1, -0.05) is 34.1 Å². The van der Waals surface area contributed by atoms with Crippen LogP contribution in [0.15, 0.2) is 35.2 Å². The molecule has 5 heteroatoms. The lowest BCUT2D eigenvalue weighted by Crippen LogP contribution is -2.39. The molecule has 0 aliphatic heterocycles. The maximum atomic E-state index is 11.8. The molecule has 3 nitrogen and oxygen atoms in total. The Bertz CT molecular complexity index is 342. The summed E-state index contributed by atoms with van der Waals surface area (Å²) >= 11 is 4.92. The SMILES string of the molecule is COCC(CCBr)NC(=O)CSc1ccccc1. The number of carbonyl (C=O) groups is 1. The van der Waals surface area contributed by atoms with E-state index in [1.807, 2.05) is 30.3 Å². The van der Waals surface area contributed by atoms with E-state index in [-0.39, 0.29) is 11.9 Å². The van der Waals surface area contributed by atoms with Crippen molar-refractivity contribution < 1.29 is 9.53 Å². The lowest BCUT2D eigenvalue weighted by Gasteiger charge is -2.16. The zero-order valence-electron chi connectivity index (χ0n) is 10.4. The predicted octanol–water partition coefficient (Wildman–Crippen LogP) is 2.69. The second-order valence-electron chi connectivity index (χ2n) is 3.80. The Hall–Kier alpha value is -0.520. The summed E-state index contributed by atoms with van der Waals surface area (Å²) in [4.78, 5) is 12.9. The Kier molecular flexibility index (Phi) is 8.13. The summed E-state index contributed by atoms with van der Waals surface area (Å²) in [6.45, 7) is 0.549. The number of thioether (sulfide) groups is 1. The van der Waals surface area contributed by atoms with Crippen molar-refractivity contribution in [2.24, 2.45) is 0 Å². The number of benzene rings is 1. The fraction of sp³-hybridized carbons (Fsp3) is 0.462. The van der Waals surface area contributed by atoms with E-state index in [9.17, 15) is 4.79 Å². The highest BCUT2D eigenvalue weighted by Gasteiger charge is 2.11. The van der Waals surface area contributed by atoms with Crippen LogP contribution in [0.2, 0.25) is 0 Å². The number of nitrogens with one attached hydrogen (secondary N) is 1. The number of hydrogen-bond donors (Lipinski definition) is 1. The van der Waals surface area contributed by atoms with Crippen molar-refractivity contribution >= 4 is 33.6 Å². The van der Waals surface area contributed by atoms with Crippen molar-refractivity contribution in [2.45, 2.75) is 17.4 Å². The number of ether oxygens (including phenoxy) is 1. The molecule has 1 N–H and O–H groups in total. The maximum absolute atomic E-state index is 11.8. The second kappa shape index (κ2) is 9.42. The predicted molar refractivity (Wildman–Crippen MR) is 79.4 cm³/mol. The summed E-state index contributed by atoms with van der Waals surface area (Å²) < 4.78 is 5.08. The van der Waals surface area contributed by atoms with Crippen LogP contribution < -0.4 is 5.32 Å². The Morgan fingerprint density at radius 2 is 2.17 bits per heavy atom. The Morgan fingerprint density at radius 3 is 2.78 bits per heavy atom. The molecule has 1 amide bonds. The van der Waals surface area contributed by atoms with E-state index in [0.717, 1.165) is 16.6 Å². The number of halogens is 1. The summed E-state index contributed by atoms with van der Waals surface area (Å²) in [5.74, 6) is 0.485. The van der Waals surface area contributed by atoms with Gasteiger partial charge in [0.15, 0.2) is 0 Å². The van der Waals surface area contributed by atoms with Gasteiger partial charge in [-0.15, -0.1) is 11.8 Å². The topological polar surface area (TPSA) is 38.3 Å². The molecule has 0 saturated carbocycles. The van der Waals surface area contributed by atoms with Crippen LogP contribution in [-0.2, 0) is 9.53 Å². The highest BCUT2D eigenvalue weighted by molar-refractivity contribution is 9.09. The normalized spacial score (nSPS) is 12.1. The van der Waals surface area contributed by atoms with Gasteiger partial charge < -0.3 is 10.1 Å². The van der Waals surface area contributed by atoms with Gasteiger partial charge in [-0.05, 0) is 18.6 Å². The molecule has 1 rings (SSSR count). The first kappa shape index (κ1) is 15.5. The van der Waals surface area contributed by atoms with E-state index in [0.29, 0.717) is 12.4 Å². The van der Waals surface area contributed by atoms with Gasteiger partial charge in [-0.25, -0.2) is 0 Å². The van der Waals surface area contributed by atoms with Crippen LogP contribution in [-0.4, -0.2) is 36.7 Å². The standard InChI is InChI=1S/C13H18BrNO2S/c1-17-9-11(7-8-14)15-13(16)10-18-12-5-3-2-4-6-12/h2-6,11H,7-10H2,1H3,(H,15,16). The van der Waals surface area contributed by atoms with Gasteiger partial charge in [0, 0.05) is 17.3 Å². The van der Waals surface area contributed by atoms with E-state index in [1.54, 1.807) is 18.9 Å². The third-order valence-electron chi connectivity index (χ3n) is 2.30. The van der Waals surface area contributed by atoms with Crippen molar-refractivity contribution in [3.05, 3.63) is 30.3 Å². The first-order valence-corrected chi connectivity index (χ1v) is 7.89. The molecule has 18 heavy (non-hydrogen) atoms. The van der Waals surface area contributed by atoms with Crippen LogP contribution in [0.3, 0.4) is 0 Å². The first-order valence-electron chi connectivity index (χ1n) is 5.78. The first-order chi connectivity index (χ1) is 8.76. The maximum Gasteiger partial charge on any atom is 0.230 e. The minimum absolute atomic E-state index is 0.0480. The van der Waals surface area contributed by atoms with E-state index in [1.165, 1.54) is 0 Å². The highest BCUT2D eigenvalue weighted by Crippen LogP contribution is 2.16. The number of hydrogen-bond acceptors (Lipinski definition) is 3. The van der Waals surface area contributed by atoms with Gasteiger partial charge in [0.25, 0.3) is 0 Å². The summed E-state index contributed by atoms with van der Waals surface area (Å²) in [7, 11) is 1.64. The molecule has 0 saturated heterocycles. The zero-order valence-corrected chi connectivity index (χ0v) is 12.8. The van der Waals surface area contributed by atoms with Crippen molar-refractivity contribution in [1.82, 2.24) is 5.32 Å². The quantitative estimate of drug-likeness (QED) is 0.588. The third-order valence-corrected chi connectivity index (χ3v) is 3.77. The fourth-order valence-electron chi connectivity index (χ4n) is 1.46. The number of alkyl halides is 1. The molecule has 0 heterocycles. The van der Waals surface area contributed by atoms with E-state index in [4.69, 9.17) is 4.74 Å². The summed E-state index contributed by atoms with van der Waals surface area (Å²) in [5.41, 5.74) is 0. The van der Waals surface area contributed by atoms with E-state index in [2.05, 4.69) is 21.2 Å². The average molecular weight is 332 g/mol. The molecule has 1 aromatic carbocycles. The minimum atomic E-state index is 0.0480. The van der Waals surface area contributed by atoms with E-state index < -0.39 is 0 Å². The van der Waals surface area contributed by atoms with Crippen molar-refractivity contribution in [1.29, 1.82) is 0 Å². The van der Waals surface area contributed by atoms with Crippen LogP contribution in [0.25, 0.3) is 0 Å². The molecule has 0 aromatic heterocycles. The zero-order chi connectivity index (χ0) is 13.2. The molecule has 100 valence electrons. The molecular formula is C13H18BrNO2S. The molecule has 0 aliphatic rings. The largest absolute Gasteiger partial charge is 0.383 e. The monoisotopic (exact) mass is 331 g/mol. The van der Waals surface area contributed by atoms with Gasteiger partial charge in [-0.2, -0.15) is 0 Å². The number of carbonyl (C=O) groups excluding carboxylic acids is 1. The smallest absolute Gasteiger partial charge is 0.230 e. The summed E-state index contributed by atoms with van der Waals surface area (Å²) in [6, 6.07) is 10.00. The molecular weight excluding hydrogens is 314 g/mol. The lowest BCUT2D eigenvalue weighted by atomic mass is 10.2. The van der Waals surface area contributed by atoms with Crippen molar-refractivity contribution in [3.63, 3.8) is 0 Å². The van der Waals surface area contributed by atoms with Gasteiger partial charge in [0.1, 0.15) is 0 Å². The number of methoxy groups -OCH3 is 1. The van der Waals surface area contributed by atoms with Gasteiger partial charge in [0.2, 0.25) is 5.91 Å².